The molecule has 0 N–H and O–H groups in total. The minimum absolute atomic E-state index is 0.0999. The Balaban J connectivity index is 1.70. The van der Waals surface area contributed by atoms with Gasteiger partial charge in [-0.3, -0.25) is 9.59 Å². The molecule has 6 heteroatoms. The van der Waals surface area contributed by atoms with Gasteiger partial charge in [0.15, 0.2) is 17.3 Å². The summed E-state index contributed by atoms with van der Waals surface area (Å²) in [7, 11) is 0. The van der Waals surface area contributed by atoms with Crippen molar-refractivity contribution in [1.29, 1.82) is 0 Å². The monoisotopic (exact) mass is 319 g/mol. The van der Waals surface area contributed by atoms with Crippen LogP contribution in [0.4, 0.5) is 5.69 Å². The summed E-state index contributed by atoms with van der Waals surface area (Å²) in [5.74, 6) is 0.671. The van der Waals surface area contributed by atoms with Gasteiger partial charge in [-0.05, 0) is 31.2 Å². The molecule has 118 valence electrons. The van der Waals surface area contributed by atoms with Crippen molar-refractivity contribution >= 4 is 17.3 Å². The van der Waals surface area contributed by atoms with E-state index in [2.05, 4.69) is 10.2 Å². The second kappa shape index (κ2) is 5.42. The number of ketones is 2. The summed E-state index contributed by atoms with van der Waals surface area (Å²) in [6.45, 7) is 2.72. The van der Waals surface area contributed by atoms with Gasteiger partial charge in [-0.25, -0.2) is 0 Å². The Bertz CT molecular complexity index is 894. The van der Waals surface area contributed by atoms with E-state index in [1.807, 2.05) is 36.1 Å². The highest BCUT2D eigenvalue weighted by Crippen LogP contribution is 2.38. The summed E-state index contributed by atoms with van der Waals surface area (Å²) in [6.07, 6.45) is 5.81. The number of aromatic nitrogens is 2. The van der Waals surface area contributed by atoms with Crippen molar-refractivity contribution in [3.8, 4) is 5.75 Å². The number of rotatable bonds is 2. The number of nitrogens with zero attached hydrogens (tertiary/aromatic N) is 3. The molecule has 2 aliphatic rings. The van der Waals surface area contributed by atoms with Gasteiger partial charge in [-0.1, -0.05) is 12.1 Å². The van der Waals surface area contributed by atoms with Gasteiger partial charge in [0.1, 0.15) is 0 Å². The van der Waals surface area contributed by atoms with Crippen LogP contribution < -0.4 is 9.64 Å². The van der Waals surface area contributed by atoms with Crippen LogP contribution in [0.15, 0.2) is 60.3 Å². The Morgan fingerprint density at radius 1 is 1.04 bits per heavy atom. The van der Waals surface area contributed by atoms with Gasteiger partial charge in [0, 0.05) is 6.54 Å². The third-order valence-electron chi connectivity index (χ3n) is 4.05. The molecule has 0 unspecified atom stereocenters. The first-order valence-electron chi connectivity index (χ1n) is 7.57. The van der Waals surface area contributed by atoms with E-state index >= 15 is 0 Å². The highest BCUT2D eigenvalue weighted by atomic mass is 16.5. The molecular weight excluding hydrogens is 306 g/mol. The third-order valence-corrected chi connectivity index (χ3v) is 4.05. The number of ether oxygens (including phenoxy) is 1. The number of allylic oxidation sites excluding steroid dienone is 3. The smallest absolute Gasteiger partial charge is 0.200 e. The zero-order valence-electron chi connectivity index (χ0n) is 12.9. The van der Waals surface area contributed by atoms with Gasteiger partial charge in [0.2, 0.25) is 5.88 Å². The molecule has 1 aliphatic heterocycles. The number of para-hydroxylation sites is 2. The van der Waals surface area contributed by atoms with Crippen molar-refractivity contribution < 1.29 is 14.3 Å². The Labute approximate surface area is 138 Å². The van der Waals surface area contributed by atoms with Crippen molar-refractivity contribution in [2.24, 2.45) is 0 Å². The van der Waals surface area contributed by atoms with Crippen LogP contribution in [0.1, 0.15) is 27.6 Å². The molecule has 0 radical (unpaired) electrons. The Hall–Kier alpha value is -3.28. The van der Waals surface area contributed by atoms with Crippen LogP contribution in [0.25, 0.3) is 0 Å². The molecule has 6 nitrogen and oxygen atoms in total. The fourth-order valence-corrected chi connectivity index (χ4v) is 2.89. The summed E-state index contributed by atoms with van der Waals surface area (Å²) in [5, 5.41) is 7.33. The SMILES string of the molecule is CCN1/C(=C\C=C2C(=O)c3cnncc3C2=O)Oc2ccccc21. The van der Waals surface area contributed by atoms with Crippen molar-refractivity contribution in [3.05, 3.63) is 71.4 Å². The maximum Gasteiger partial charge on any atom is 0.200 e. The average molecular weight is 319 g/mol. The molecule has 0 saturated carbocycles. The second-order valence-electron chi connectivity index (χ2n) is 5.37. The standard InChI is InChI=1S/C18H13N3O3/c1-2-21-14-5-3-4-6-15(14)24-16(21)8-7-11-17(22)12-9-19-20-10-13(12)18(11)23/h3-10H,2H2,1H3/b16-8+. The van der Waals surface area contributed by atoms with Crippen LogP contribution in [0.5, 0.6) is 5.75 Å². The molecule has 24 heavy (non-hydrogen) atoms. The first-order chi connectivity index (χ1) is 11.7. The van der Waals surface area contributed by atoms with E-state index < -0.39 is 0 Å². The van der Waals surface area contributed by atoms with Crippen LogP contribution in [-0.4, -0.2) is 28.3 Å². The molecule has 0 amide bonds. The van der Waals surface area contributed by atoms with E-state index in [-0.39, 0.29) is 17.1 Å². The zero-order chi connectivity index (χ0) is 16.7. The lowest BCUT2D eigenvalue weighted by atomic mass is 10.1. The van der Waals surface area contributed by atoms with Crippen LogP contribution >= 0.6 is 0 Å². The van der Waals surface area contributed by atoms with E-state index in [1.54, 1.807) is 6.08 Å². The Kier molecular flexibility index (Phi) is 3.23. The van der Waals surface area contributed by atoms with E-state index in [9.17, 15) is 9.59 Å². The molecule has 0 spiro atoms. The van der Waals surface area contributed by atoms with Gasteiger partial charge in [0.05, 0.1) is 34.8 Å². The molecular formula is C18H13N3O3. The minimum atomic E-state index is -0.333. The van der Waals surface area contributed by atoms with Gasteiger partial charge < -0.3 is 9.64 Å². The van der Waals surface area contributed by atoms with Crippen LogP contribution in [0, 0.1) is 0 Å². The van der Waals surface area contributed by atoms with Crippen LogP contribution in [0.2, 0.25) is 0 Å². The first kappa shape index (κ1) is 14.3. The van der Waals surface area contributed by atoms with Crippen molar-refractivity contribution in [1.82, 2.24) is 10.2 Å². The molecule has 4 rings (SSSR count). The quantitative estimate of drug-likeness (QED) is 0.626. The zero-order valence-corrected chi connectivity index (χ0v) is 12.9. The molecule has 0 fully saturated rings. The number of benzene rings is 1. The molecule has 0 atom stereocenters. The lowest BCUT2D eigenvalue weighted by Gasteiger charge is -2.14. The molecule has 1 aliphatic carbocycles. The fourth-order valence-electron chi connectivity index (χ4n) is 2.89. The summed E-state index contributed by atoms with van der Waals surface area (Å²) in [4.78, 5) is 26.7. The van der Waals surface area contributed by atoms with Crippen LogP contribution in [-0.2, 0) is 0 Å². The normalized spacial score (nSPS) is 17.1. The number of carbonyl (C=O) groups excluding carboxylic acids is 2. The minimum Gasteiger partial charge on any atom is -0.439 e. The van der Waals surface area contributed by atoms with Crippen molar-refractivity contribution in [2.45, 2.75) is 6.92 Å². The topological polar surface area (TPSA) is 72.4 Å². The summed E-state index contributed by atoms with van der Waals surface area (Å²) in [5.41, 5.74) is 1.65. The lowest BCUT2D eigenvalue weighted by molar-refractivity contribution is 0.0988. The number of anilines is 1. The molecule has 0 saturated heterocycles. The summed E-state index contributed by atoms with van der Waals surface area (Å²) in [6, 6.07) is 7.68. The van der Waals surface area contributed by atoms with Gasteiger partial charge in [-0.2, -0.15) is 10.2 Å². The van der Waals surface area contributed by atoms with Crippen molar-refractivity contribution in [3.63, 3.8) is 0 Å². The maximum atomic E-state index is 12.3. The van der Waals surface area contributed by atoms with Gasteiger partial charge >= 0.3 is 0 Å². The second-order valence-corrected chi connectivity index (χ2v) is 5.37. The largest absolute Gasteiger partial charge is 0.439 e. The lowest BCUT2D eigenvalue weighted by Crippen LogP contribution is -2.19. The van der Waals surface area contributed by atoms with Crippen LogP contribution in [0.3, 0.4) is 0 Å². The molecule has 2 heterocycles. The number of Topliss-reactive ketones (excluding diaryl/α,β-unsaturated/α-hetero) is 2. The van der Waals surface area contributed by atoms with Gasteiger partial charge in [-0.15, -0.1) is 0 Å². The van der Waals surface area contributed by atoms with Crippen molar-refractivity contribution in [2.75, 3.05) is 11.4 Å². The van der Waals surface area contributed by atoms with E-state index in [4.69, 9.17) is 4.74 Å². The molecule has 0 bridgehead atoms. The molecule has 1 aromatic carbocycles. The predicted molar refractivity (Wildman–Crippen MR) is 86.9 cm³/mol. The van der Waals surface area contributed by atoms with E-state index in [0.29, 0.717) is 23.6 Å². The Morgan fingerprint density at radius 3 is 2.38 bits per heavy atom. The molecule has 1 aromatic heterocycles. The summed E-state index contributed by atoms with van der Waals surface area (Å²) >= 11 is 0. The average Bonchev–Trinajstić information content (AvgIpc) is 3.09. The fraction of sp³-hybridized carbons (Fsp3) is 0.111. The first-order valence-corrected chi connectivity index (χ1v) is 7.57. The number of fused-ring (bicyclic) bond motifs is 2. The highest BCUT2D eigenvalue weighted by molar-refractivity contribution is 6.39. The Morgan fingerprint density at radius 2 is 1.71 bits per heavy atom. The number of hydrogen-bond donors (Lipinski definition) is 0. The highest BCUT2D eigenvalue weighted by Gasteiger charge is 2.33. The van der Waals surface area contributed by atoms with E-state index in [1.165, 1.54) is 18.5 Å². The maximum absolute atomic E-state index is 12.3. The third kappa shape index (κ3) is 2.04. The predicted octanol–water partition coefficient (Wildman–Crippen LogP) is 2.54. The number of carbonyl (C=O) groups is 2. The number of hydrogen-bond acceptors (Lipinski definition) is 6. The summed E-state index contributed by atoms with van der Waals surface area (Å²) < 4.78 is 5.81. The van der Waals surface area contributed by atoms with E-state index in [0.717, 1.165) is 11.4 Å². The molecule has 2 aromatic rings. The van der Waals surface area contributed by atoms with Gasteiger partial charge in [0.25, 0.3) is 0 Å².